The molecule has 0 unspecified atom stereocenters. The first kappa shape index (κ1) is 13.6. The van der Waals surface area contributed by atoms with Crippen LogP contribution in [-0.2, 0) is 11.3 Å². The molecule has 2 aliphatic heterocycles. The third kappa shape index (κ3) is 2.00. The average molecular weight is 294 g/mol. The van der Waals surface area contributed by atoms with Crippen LogP contribution in [0.2, 0.25) is 0 Å². The van der Waals surface area contributed by atoms with E-state index in [0.29, 0.717) is 0 Å². The molecule has 0 amide bonds. The van der Waals surface area contributed by atoms with Gasteiger partial charge >= 0.3 is 0 Å². The summed E-state index contributed by atoms with van der Waals surface area (Å²) in [5, 5.41) is 0. The van der Waals surface area contributed by atoms with Crippen LogP contribution in [0.5, 0.6) is 0 Å². The second kappa shape index (κ2) is 5.03. The van der Waals surface area contributed by atoms with Crippen LogP contribution in [-0.4, -0.2) is 20.4 Å². The van der Waals surface area contributed by atoms with Crippen molar-refractivity contribution in [1.82, 2.24) is 0 Å². The maximum Gasteiger partial charge on any atom is 0.0913 e. The fourth-order valence-electron chi connectivity index (χ4n) is 3.80. The Labute approximate surface area is 132 Å². The van der Waals surface area contributed by atoms with Crippen LogP contribution >= 0.6 is 0 Å². The Kier molecular flexibility index (Phi) is 3.12. The Morgan fingerprint density at radius 1 is 1.05 bits per heavy atom. The van der Waals surface area contributed by atoms with Gasteiger partial charge in [-0.15, -0.1) is 0 Å². The molecule has 3 nitrogen and oxygen atoms in total. The molecule has 0 saturated carbocycles. The lowest BCUT2D eigenvalue weighted by atomic mass is 9.93. The molecule has 2 aromatic rings. The summed E-state index contributed by atoms with van der Waals surface area (Å²) in [6.07, 6.45) is 0. The minimum absolute atomic E-state index is 0.290. The smallest absolute Gasteiger partial charge is 0.0913 e. The minimum atomic E-state index is 0.290. The first-order valence-corrected chi connectivity index (χ1v) is 7.88. The van der Waals surface area contributed by atoms with Crippen LogP contribution in [0, 0.1) is 13.8 Å². The topological polar surface area (TPSA) is 15.7 Å². The van der Waals surface area contributed by atoms with E-state index in [0.717, 1.165) is 19.8 Å². The molecule has 4 rings (SSSR count). The van der Waals surface area contributed by atoms with E-state index in [1.54, 1.807) is 7.11 Å². The van der Waals surface area contributed by atoms with E-state index in [1.807, 2.05) is 0 Å². The molecule has 0 N–H and O–H groups in total. The van der Waals surface area contributed by atoms with Crippen molar-refractivity contribution in [2.75, 3.05) is 30.2 Å². The van der Waals surface area contributed by atoms with E-state index >= 15 is 0 Å². The number of nitrogens with zero attached hydrogens (tertiary/aromatic N) is 2. The van der Waals surface area contributed by atoms with E-state index in [4.69, 9.17) is 4.74 Å². The number of hydrogen-bond acceptors (Lipinski definition) is 3. The van der Waals surface area contributed by atoms with Crippen LogP contribution < -0.4 is 9.80 Å². The van der Waals surface area contributed by atoms with E-state index < -0.39 is 0 Å². The third-order valence-electron chi connectivity index (χ3n) is 4.81. The van der Waals surface area contributed by atoms with Crippen molar-refractivity contribution in [1.29, 1.82) is 0 Å². The largest absolute Gasteiger partial charge is 0.382 e. The van der Waals surface area contributed by atoms with Gasteiger partial charge in [0.05, 0.1) is 19.3 Å². The Balaban J connectivity index is 1.88. The SMILES string of the molecule is COC[C@H]1c2cc(C)ccc2N2Cc3cc(C)ccc3N1C2. The summed E-state index contributed by atoms with van der Waals surface area (Å²) in [5.41, 5.74) is 8.16. The summed E-state index contributed by atoms with van der Waals surface area (Å²) in [6, 6.07) is 13.9. The van der Waals surface area contributed by atoms with Crippen molar-refractivity contribution in [3.8, 4) is 0 Å². The Hall–Kier alpha value is -2.00. The monoisotopic (exact) mass is 294 g/mol. The lowest BCUT2D eigenvalue weighted by Gasteiger charge is -2.49. The fraction of sp³-hybridized carbons (Fsp3) is 0.368. The number of methoxy groups -OCH3 is 1. The van der Waals surface area contributed by atoms with Crippen molar-refractivity contribution in [2.45, 2.75) is 26.4 Å². The summed E-state index contributed by atoms with van der Waals surface area (Å²) >= 11 is 0. The van der Waals surface area contributed by atoms with Crippen LogP contribution in [0.15, 0.2) is 36.4 Å². The first-order valence-electron chi connectivity index (χ1n) is 7.88. The molecular formula is C19H22N2O. The Morgan fingerprint density at radius 3 is 2.55 bits per heavy atom. The molecule has 2 aliphatic rings. The summed E-state index contributed by atoms with van der Waals surface area (Å²) in [5.74, 6) is 0. The van der Waals surface area contributed by atoms with Crippen LogP contribution in [0.1, 0.15) is 28.3 Å². The number of aryl methyl sites for hydroxylation is 2. The second-order valence-electron chi connectivity index (χ2n) is 6.47. The highest BCUT2D eigenvalue weighted by atomic mass is 16.5. The van der Waals surface area contributed by atoms with E-state index in [9.17, 15) is 0 Å². The molecule has 0 fully saturated rings. The summed E-state index contributed by atoms with van der Waals surface area (Å²) in [7, 11) is 1.79. The van der Waals surface area contributed by atoms with Gasteiger partial charge < -0.3 is 14.5 Å². The lowest BCUT2D eigenvalue weighted by Crippen LogP contribution is -2.49. The molecule has 0 spiro atoms. The third-order valence-corrected chi connectivity index (χ3v) is 4.81. The van der Waals surface area contributed by atoms with Gasteiger partial charge in [-0.2, -0.15) is 0 Å². The maximum atomic E-state index is 5.55. The summed E-state index contributed by atoms with van der Waals surface area (Å²) < 4.78 is 5.55. The molecule has 0 aromatic heterocycles. The molecule has 2 aromatic carbocycles. The number of ether oxygens (including phenoxy) is 1. The number of hydrogen-bond donors (Lipinski definition) is 0. The van der Waals surface area contributed by atoms with E-state index in [1.165, 1.54) is 33.6 Å². The van der Waals surface area contributed by atoms with Gasteiger partial charge in [0.2, 0.25) is 0 Å². The van der Waals surface area contributed by atoms with Crippen LogP contribution in [0.3, 0.4) is 0 Å². The van der Waals surface area contributed by atoms with Gasteiger partial charge in [-0.25, -0.2) is 0 Å². The Morgan fingerprint density at radius 2 is 1.77 bits per heavy atom. The van der Waals surface area contributed by atoms with Crippen LogP contribution in [0.4, 0.5) is 11.4 Å². The highest BCUT2D eigenvalue weighted by Gasteiger charge is 2.36. The van der Waals surface area contributed by atoms with Gasteiger partial charge in [0, 0.05) is 30.6 Å². The zero-order chi connectivity index (χ0) is 15.3. The molecule has 0 aliphatic carbocycles. The predicted molar refractivity (Wildman–Crippen MR) is 90.5 cm³/mol. The number of benzene rings is 2. The number of rotatable bonds is 2. The summed E-state index contributed by atoms with van der Waals surface area (Å²) in [4.78, 5) is 4.96. The quantitative estimate of drug-likeness (QED) is 0.838. The van der Waals surface area contributed by atoms with Gasteiger partial charge in [-0.1, -0.05) is 35.4 Å². The zero-order valence-corrected chi connectivity index (χ0v) is 13.5. The maximum absolute atomic E-state index is 5.55. The molecule has 2 bridgehead atoms. The van der Waals surface area contributed by atoms with E-state index in [-0.39, 0.29) is 6.04 Å². The average Bonchev–Trinajstić information content (AvgIpc) is 2.50. The first-order chi connectivity index (χ1) is 10.7. The highest BCUT2D eigenvalue weighted by molar-refractivity contribution is 5.70. The summed E-state index contributed by atoms with van der Waals surface area (Å²) in [6.45, 7) is 6.98. The molecule has 2 heterocycles. The van der Waals surface area contributed by atoms with E-state index in [2.05, 4.69) is 60.0 Å². The Bertz CT molecular complexity index is 725. The molecular weight excluding hydrogens is 272 g/mol. The lowest BCUT2D eigenvalue weighted by molar-refractivity contribution is 0.174. The van der Waals surface area contributed by atoms with Gasteiger partial charge in [0.25, 0.3) is 0 Å². The normalized spacial score (nSPS) is 19.0. The number of anilines is 2. The molecule has 22 heavy (non-hydrogen) atoms. The minimum Gasteiger partial charge on any atom is -0.382 e. The zero-order valence-electron chi connectivity index (χ0n) is 13.5. The second-order valence-corrected chi connectivity index (χ2v) is 6.47. The van der Waals surface area contributed by atoms with Crippen molar-refractivity contribution in [3.63, 3.8) is 0 Å². The van der Waals surface area contributed by atoms with Gasteiger partial charge in [-0.3, -0.25) is 0 Å². The number of fused-ring (bicyclic) bond motifs is 6. The van der Waals surface area contributed by atoms with Gasteiger partial charge in [-0.05, 0) is 31.5 Å². The van der Waals surface area contributed by atoms with Crippen molar-refractivity contribution < 1.29 is 4.74 Å². The fourth-order valence-corrected chi connectivity index (χ4v) is 3.80. The van der Waals surface area contributed by atoms with Crippen LogP contribution in [0.25, 0.3) is 0 Å². The van der Waals surface area contributed by atoms with Gasteiger partial charge in [0.1, 0.15) is 0 Å². The van der Waals surface area contributed by atoms with Crippen molar-refractivity contribution >= 4 is 11.4 Å². The molecule has 0 radical (unpaired) electrons. The molecule has 1 atom stereocenters. The van der Waals surface area contributed by atoms with Crippen molar-refractivity contribution in [2.24, 2.45) is 0 Å². The molecule has 0 saturated heterocycles. The van der Waals surface area contributed by atoms with Gasteiger partial charge in [0.15, 0.2) is 0 Å². The predicted octanol–water partition coefficient (Wildman–Crippen LogP) is 3.79. The molecule has 3 heteroatoms. The highest BCUT2D eigenvalue weighted by Crippen LogP contribution is 2.44. The molecule has 114 valence electrons. The standard InChI is InChI=1S/C19H22N2O/c1-13-4-6-17-15(8-13)10-20-12-21(17)19(11-22-3)16-9-14(2)5-7-18(16)20/h4-9,19H,10-12H2,1-3H3/t19-/m0/s1. The van der Waals surface area contributed by atoms with Crippen molar-refractivity contribution in [3.05, 3.63) is 58.7 Å².